The second-order valence-corrected chi connectivity index (χ2v) is 2.84. The molecule has 1 aromatic rings. The quantitative estimate of drug-likeness (QED) is 0.770. The van der Waals surface area contributed by atoms with Crippen LogP contribution in [0.25, 0.3) is 6.08 Å². The molecule has 0 aliphatic carbocycles. The van der Waals surface area contributed by atoms with Crippen molar-refractivity contribution in [3.8, 4) is 5.75 Å². The van der Waals surface area contributed by atoms with Crippen LogP contribution in [-0.4, -0.2) is 11.7 Å². The molecule has 1 aromatic carbocycles. The van der Waals surface area contributed by atoms with Crippen molar-refractivity contribution in [3.63, 3.8) is 0 Å². The molecule has 1 rings (SSSR count). The van der Waals surface area contributed by atoms with E-state index in [0.717, 1.165) is 6.07 Å². The van der Waals surface area contributed by atoms with Gasteiger partial charge >= 0.3 is 0 Å². The zero-order valence-corrected chi connectivity index (χ0v) is 7.55. The zero-order chi connectivity index (χ0) is 9.84. The fourth-order valence-electron chi connectivity index (χ4n) is 0.901. The number of benzene rings is 1. The van der Waals surface area contributed by atoms with Crippen molar-refractivity contribution in [1.29, 1.82) is 0 Å². The zero-order valence-electron chi connectivity index (χ0n) is 6.80. The highest BCUT2D eigenvalue weighted by atomic mass is 35.5. The van der Waals surface area contributed by atoms with Gasteiger partial charge < -0.3 is 10.8 Å². The summed E-state index contributed by atoms with van der Waals surface area (Å²) >= 11 is 5.72. The lowest BCUT2D eigenvalue weighted by molar-refractivity contribution is 0.431. The largest absolute Gasteiger partial charge is 0.504 e. The molecule has 0 heterocycles. The molecule has 0 spiro atoms. The van der Waals surface area contributed by atoms with Crippen molar-refractivity contribution in [3.05, 3.63) is 34.6 Å². The molecule has 0 amide bonds. The topological polar surface area (TPSA) is 46.2 Å². The molecule has 2 nitrogen and oxygen atoms in total. The molecular formula is C9H9ClFNO. The van der Waals surface area contributed by atoms with Crippen molar-refractivity contribution >= 4 is 17.7 Å². The lowest BCUT2D eigenvalue weighted by Crippen LogP contribution is -1.92. The molecule has 3 N–H and O–H groups in total. The van der Waals surface area contributed by atoms with Gasteiger partial charge in [0.25, 0.3) is 0 Å². The molecule has 0 unspecified atom stereocenters. The Morgan fingerprint density at radius 3 is 2.85 bits per heavy atom. The Morgan fingerprint density at radius 2 is 2.23 bits per heavy atom. The maximum Gasteiger partial charge on any atom is 0.165 e. The molecule has 13 heavy (non-hydrogen) atoms. The van der Waals surface area contributed by atoms with Gasteiger partial charge in [-0.25, -0.2) is 4.39 Å². The fourth-order valence-corrected chi connectivity index (χ4v) is 1.12. The van der Waals surface area contributed by atoms with Crippen LogP contribution in [0.1, 0.15) is 5.56 Å². The van der Waals surface area contributed by atoms with Crippen LogP contribution < -0.4 is 5.73 Å². The van der Waals surface area contributed by atoms with Crippen LogP contribution in [0.4, 0.5) is 4.39 Å². The van der Waals surface area contributed by atoms with E-state index in [-0.39, 0.29) is 5.56 Å². The first-order chi connectivity index (χ1) is 6.16. The Hall–Kier alpha value is -1.06. The minimum absolute atomic E-state index is 0.257. The first kappa shape index (κ1) is 10.0. The van der Waals surface area contributed by atoms with Crippen molar-refractivity contribution in [1.82, 2.24) is 0 Å². The third-order valence-electron chi connectivity index (χ3n) is 1.54. The Kier molecular flexibility index (Phi) is 3.28. The van der Waals surface area contributed by atoms with Gasteiger partial charge in [-0.15, -0.1) is 0 Å². The molecule has 70 valence electrons. The van der Waals surface area contributed by atoms with Crippen LogP contribution in [0.3, 0.4) is 0 Å². The number of rotatable bonds is 2. The van der Waals surface area contributed by atoms with E-state index < -0.39 is 11.6 Å². The first-order valence-electron chi connectivity index (χ1n) is 3.70. The molecule has 0 bridgehead atoms. The Labute approximate surface area is 80.4 Å². The Bertz CT molecular complexity index is 339. The maximum absolute atomic E-state index is 12.8. The van der Waals surface area contributed by atoms with Crippen molar-refractivity contribution in [2.75, 3.05) is 6.54 Å². The predicted molar refractivity (Wildman–Crippen MR) is 51.2 cm³/mol. The van der Waals surface area contributed by atoms with E-state index in [1.54, 1.807) is 6.08 Å². The van der Waals surface area contributed by atoms with Gasteiger partial charge in [0, 0.05) is 12.1 Å². The highest BCUT2D eigenvalue weighted by molar-refractivity contribution is 6.32. The minimum atomic E-state index is -0.693. The summed E-state index contributed by atoms with van der Waals surface area (Å²) in [5.74, 6) is -1.14. The molecule has 0 radical (unpaired) electrons. The number of aromatic hydroxyl groups is 1. The highest BCUT2D eigenvalue weighted by Crippen LogP contribution is 2.29. The second-order valence-electron chi connectivity index (χ2n) is 2.43. The number of halogens is 2. The van der Waals surface area contributed by atoms with Crippen LogP contribution >= 0.6 is 11.6 Å². The first-order valence-corrected chi connectivity index (χ1v) is 4.08. The summed E-state index contributed by atoms with van der Waals surface area (Å²) in [6.07, 6.45) is 3.07. The molecule has 0 fully saturated rings. The van der Waals surface area contributed by atoms with Gasteiger partial charge in [0.1, 0.15) is 0 Å². The van der Waals surface area contributed by atoms with E-state index in [9.17, 15) is 9.50 Å². The molecule has 0 aromatic heterocycles. The highest BCUT2D eigenvalue weighted by Gasteiger charge is 2.07. The number of nitrogens with two attached hydrogens (primary N) is 1. The van der Waals surface area contributed by atoms with Gasteiger partial charge in [0.15, 0.2) is 11.6 Å². The lowest BCUT2D eigenvalue weighted by Gasteiger charge is -2.02. The summed E-state index contributed by atoms with van der Waals surface area (Å²) < 4.78 is 12.8. The number of phenolic OH excluding ortho intramolecular Hbond substituents is 1. The van der Waals surface area contributed by atoms with Crippen LogP contribution in [-0.2, 0) is 0 Å². The van der Waals surface area contributed by atoms with Crippen LogP contribution in [0.15, 0.2) is 18.2 Å². The molecule has 0 aliphatic rings. The summed E-state index contributed by atoms with van der Waals surface area (Å²) in [7, 11) is 0. The van der Waals surface area contributed by atoms with E-state index in [1.165, 1.54) is 12.1 Å². The maximum atomic E-state index is 12.8. The molecule has 0 aliphatic heterocycles. The van der Waals surface area contributed by atoms with Crippen LogP contribution in [0.2, 0.25) is 5.02 Å². The summed E-state index contributed by atoms with van der Waals surface area (Å²) in [6, 6.07) is 2.49. The third kappa shape index (κ3) is 2.20. The van der Waals surface area contributed by atoms with Crippen LogP contribution in [0, 0.1) is 5.82 Å². The third-order valence-corrected chi connectivity index (χ3v) is 1.86. The van der Waals surface area contributed by atoms with E-state index in [1.807, 2.05) is 0 Å². The van der Waals surface area contributed by atoms with Crippen molar-refractivity contribution in [2.45, 2.75) is 0 Å². The minimum Gasteiger partial charge on any atom is -0.504 e. The van der Waals surface area contributed by atoms with Crippen LogP contribution in [0.5, 0.6) is 5.75 Å². The number of hydrogen-bond acceptors (Lipinski definition) is 2. The molecular weight excluding hydrogens is 193 g/mol. The SMILES string of the molecule is NC/C=C/c1c(Cl)ccc(F)c1O. The van der Waals surface area contributed by atoms with Gasteiger partial charge in [-0.3, -0.25) is 0 Å². The standard InChI is InChI=1S/C9H9ClFNO/c10-7-3-4-8(11)9(13)6(7)2-1-5-12/h1-4,13H,5,12H2/b2-1+. The fraction of sp³-hybridized carbons (Fsp3) is 0.111. The Morgan fingerprint density at radius 1 is 1.54 bits per heavy atom. The Balaban J connectivity index is 3.17. The van der Waals surface area contributed by atoms with Gasteiger partial charge in [-0.2, -0.15) is 0 Å². The molecule has 0 saturated carbocycles. The average Bonchev–Trinajstić information content (AvgIpc) is 2.12. The smallest absolute Gasteiger partial charge is 0.165 e. The van der Waals surface area contributed by atoms with E-state index in [4.69, 9.17) is 17.3 Å². The van der Waals surface area contributed by atoms with Gasteiger partial charge in [0.05, 0.1) is 5.02 Å². The molecule has 0 saturated heterocycles. The number of hydrogen-bond donors (Lipinski definition) is 2. The van der Waals surface area contributed by atoms with Gasteiger partial charge in [-0.1, -0.05) is 23.8 Å². The monoisotopic (exact) mass is 201 g/mol. The number of phenols is 1. The van der Waals surface area contributed by atoms with Crippen molar-refractivity contribution < 1.29 is 9.50 Å². The normalized spacial score (nSPS) is 11.0. The van der Waals surface area contributed by atoms with Crippen molar-refractivity contribution in [2.24, 2.45) is 5.73 Å². The summed E-state index contributed by atoms with van der Waals surface area (Å²) in [5, 5.41) is 9.55. The van der Waals surface area contributed by atoms with E-state index in [0.29, 0.717) is 11.6 Å². The summed E-state index contributed by atoms with van der Waals surface area (Å²) in [6.45, 7) is 0.312. The summed E-state index contributed by atoms with van der Waals surface area (Å²) in [5.41, 5.74) is 5.47. The van der Waals surface area contributed by atoms with E-state index in [2.05, 4.69) is 0 Å². The van der Waals surface area contributed by atoms with Gasteiger partial charge in [-0.05, 0) is 12.1 Å². The summed E-state index contributed by atoms with van der Waals surface area (Å²) in [4.78, 5) is 0. The average molecular weight is 202 g/mol. The van der Waals surface area contributed by atoms with E-state index >= 15 is 0 Å². The van der Waals surface area contributed by atoms with Gasteiger partial charge in [0.2, 0.25) is 0 Å². The lowest BCUT2D eigenvalue weighted by atomic mass is 10.2. The predicted octanol–water partition coefficient (Wildman–Crippen LogP) is 2.16. The second kappa shape index (κ2) is 4.25. The molecule has 0 atom stereocenters. The molecule has 4 heteroatoms.